The van der Waals surface area contributed by atoms with Gasteiger partial charge in [-0.25, -0.2) is 4.98 Å². The molecule has 0 spiro atoms. The number of carbonyl (C=O) groups excluding carboxylic acids is 1. The van der Waals surface area contributed by atoms with Gasteiger partial charge in [0.1, 0.15) is 0 Å². The molecular formula is C24H28N2O2. The number of hydrogen-bond acceptors (Lipinski definition) is 3. The minimum absolute atomic E-state index is 0.000614. The second-order valence-corrected chi connectivity index (χ2v) is 7.57. The Morgan fingerprint density at radius 1 is 1.04 bits per heavy atom. The van der Waals surface area contributed by atoms with Gasteiger partial charge in [0, 0.05) is 18.4 Å². The first kappa shape index (κ1) is 19.9. The number of nitrogens with zero attached hydrogens (tertiary/aromatic N) is 1. The molecule has 1 amide bonds. The molecule has 146 valence electrons. The maximum atomic E-state index is 12.4. The largest absolute Gasteiger partial charge is 0.441 e. The summed E-state index contributed by atoms with van der Waals surface area (Å²) >= 11 is 0. The predicted molar refractivity (Wildman–Crippen MR) is 112 cm³/mol. The van der Waals surface area contributed by atoms with Crippen molar-refractivity contribution in [3.8, 4) is 11.3 Å². The SMILES string of the molecule is Cc1ccc(C)c([C@H](C)NC(=O)CCc2ncc(-c3ccc(C)c(C)c3)o2)c1. The lowest BCUT2D eigenvalue weighted by atomic mass is 10.00. The van der Waals surface area contributed by atoms with E-state index in [-0.39, 0.29) is 11.9 Å². The van der Waals surface area contributed by atoms with E-state index >= 15 is 0 Å². The van der Waals surface area contributed by atoms with Gasteiger partial charge in [-0.05, 0) is 62.9 Å². The van der Waals surface area contributed by atoms with Crippen LogP contribution in [0.1, 0.15) is 53.1 Å². The average Bonchev–Trinajstić information content (AvgIpc) is 3.13. The van der Waals surface area contributed by atoms with Gasteiger partial charge in [-0.2, -0.15) is 0 Å². The molecule has 0 fully saturated rings. The highest BCUT2D eigenvalue weighted by Gasteiger charge is 2.14. The van der Waals surface area contributed by atoms with E-state index < -0.39 is 0 Å². The highest BCUT2D eigenvalue weighted by Crippen LogP contribution is 2.23. The summed E-state index contributed by atoms with van der Waals surface area (Å²) < 4.78 is 5.85. The summed E-state index contributed by atoms with van der Waals surface area (Å²) in [7, 11) is 0. The summed E-state index contributed by atoms with van der Waals surface area (Å²) in [6.07, 6.45) is 2.56. The molecule has 0 aliphatic rings. The quantitative estimate of drug-likeness (QED) is 0.628. The van der Waals surface area contributed by atoms with Gasteiger partial charge in [-0.3, -0.25) is 4.79 Å². The van der Waals surface area contributed by atoms with Crippen LogP contribution >= 0.6 is 0 Å². The van der Waals surface area contributed by atoms with E-state index in [1.54, 1.807) is 6.20 Å². The molecule has 3 rings (SSSR count). The third-order valence-corrected chi connectivity index (χ3v) is 5.19. The van der Waals surface area contributed by atoms with Crippen LogP contribution in [0.15, 0.2) is 47.0 Å². The Hall–Kier alpha value is -2.88. The lowest BCUT2D eigenvalue weighted by Gasteiger charge is -2.17. The van der Waals surface area contributed by atoms with Crippen molar-refractivity contribution in [2.45, 2.75) is 53.5 Å². The standard InChI is InChI=1S/C24H28N2O2/c1-15-6-7-17(3)21(12-15)19(5)26-23(27)10-11-24-25-14-22(28-24)20-9-8-16(2)18(4)13-20/h6-9,12-14,19H,10-11H2,1-5H3,(H,26,27)/t19-/m0/s1. The van der Waals surface area contributed by atoms with Crippen LogP contribution in [0.25, 0.3) is 11.3 Å². The molecule has 2 aromatic carbocycles. The van der Waals surface area contributed by atoms with Crippen molar-refractivity contribution in [1.82, 2.24) is 10.3 Å². The number of aromatic nitrogens is 1. The van der Waals surface area contributed by atoms with Gasteiger partial charge >= 0.3 is 0 Å². The van der Waals surface area contributed by atoms with E-state index in [2.05, 4.69) is 68.3 Å². The Morgan fingerprint density at radius 2 is 1.79 bits per heavy atom. The molecule has 1 atom stereocenters. The first-order valence-electron chi connectivity index (χ1n) is 9.72. The lowest BCUT2D eigenvalue weighted by Crippen LogP contribution is -2.27. The summed E-state index contributed by atoms with van der Waals surface area (Å²) in [4.78, 5) is 16.7. The predicted octanol–water partition coefficient (Wildman–Crippen LogP) is 5.39. The van der Waals surface area contributed by atoms with E-state index in [0.717, 1.165) is 16.9 Å². The van der Waals surface area contributed by atoms with Crippen LogP contribution in [-0.2, 0) is 11.2 Å². The van der Waals surface area contributed by atoms with Crippen LogP contribution in [0, 0.1) is 27.7 Å². The Kier molecular flexibility index (Phi) is 5.98. The molecule has 1 heterocycles. The minimum atomic E-state index is -0.0249. The van der Waals surface area contributed by atoms with Crippen LogP contribution in [-0.4, -0.2) is 10.9 Å². The van der Waals surface area contributed by atoms with Crippen LogP contribution in [0.4, 0.5) is 0 Å². The molecule has 4 heteroatoms. The van der Waals surface area contributed by atoms with E-state index in [1.165, 1.54) is 22.3 Å². The van der Waals surface area contributed by atoms with Crippen molar-refractivity contribution in [3.05, 3.63) is 76.3 Å². The third-order valence-electron chi connectivity index (χ3n) is 5.19. The van der Waals surface area contributed by atoms with Crippen molar-refractivity contribution >= 4 is 5.91 Å². The van der Waals surface area contributed by atoms with Gasteiger partial charge in [0.05, 0.1) is 12.2 Å². The monoisotopic (exact) mass is 376 g/mol. The van der Waals surface area contributed by atoms with Crippen molar-refractivity contribution in [3.63, 3.8) is 0 Å². The highest BCUT2D eigenvalue weighted by molar-refractivity contribution is 5.76. The minimum Gasteiger partial charge on any atom is -0.441 e. The number of carbonyl (C=O) groups is 1. The molecule has 4 nitrogen and oxygen atoms in total. The van der Waals surface area contributed by atoms with Crippen molar-refractivity contribution in [2.75, 3.05) is 0 Å². The fraction of sp³-hybridized carbons (Fsp3) is 0.333. The fourth-order valence-electron chi connectivity index (χ4n) is 3.29. The summed E-state index contributed by atoms with van der Waals surface area (Å²) in [6, 6.07) is 12.5. The maximum absolute atomic E-state index is 12.4. The molecule has 0 aliphatic heterocycles. The van der Waals surface area contributed by atoms with E-state index in [4.69, 9.17) is 4.42 Å². The molecule has 0 saturated carbocycles. The second kappa shape index (κ2) is 8.42. The van der Waals surface area contributed by atoms with Crippen LogP contribution < -0.4 is 5.32 Å². The summed E-state index contributed by atoms with van der Waals surface area (Å²) in [5, 5.41) is 3.08. The summed E-state index contributed by atoms with van der Waals surface area (Å²) in [5.41, 5.74) is 7.01. The molecule has 0 aliphatic carbocycles. The van der Waals surface area contributed by atoms with E-state index in [9.17, 15) is 4.79 Å². The maximum Gasteiger partial charge on any atom is 0.220 e. The zero-order valence-electron chi connectivity index (χ0n) is 17.3. The van der Waals surface area contributed by atoms with Gasteiger partial charge in [0.25, 0.3) is 0 Å². The molecule has 28 heavy (non-hydrogen) atoms. The molecule has 3 aromatic rings. The Morgan fingerprint density at radius 3 is 2.54 bits per heavy atom. The molecule has 0 unspecified atom stereocenters. The van der Waals surface area contributed by atoms with Crippen LogP contribution in [0.2, 0.25) is 0 Å². The molecular weight excluding hydrogens is 348 g/mol. The Labute approximate surface area is 167 Å². The normalized spacial score (nSPS) is 12.0. The Bertz CT molecular complexity index is 988. The zero-order chi connectivity index (χ0) is 20.3. The van der Waals surface area contributed by atoms with Gasteiger partial charge in [0.2, 0.25) is 5.91 Å². The highest BCUT2D eigenvalue weighted by atomic mass is 16.4. The van der Waals surface area contributed by atoms with Crippen molar-refractivity contribution in [1.29, 1.82) is 0 Å². The molecule has 0 saturated heterocycles. The molecule has 0 radical (unpaired) electrons. The van der Waals surface area contributed by atoms with Gasteiger partial charge < -0.3 is 9.73 Å². The second-order valence-electron chi connectivity index (χ2n) is 7.57. The molecule has 1 aromatic heterocycles. The van der Waals surface area contributed by atoms with E-state index in [0.29, 0.717) is 18.7 Å². The summed E-state index contributed by atoms with van der Waals surface area (Å²) in [6.45, 7) is 10.3. The van der Waals surface area contributed by atoms with Crippen molar-refractivity contribution < 1.29 is 9.21 Å². The lowest BCUT2D eigenvalue weighted by molar-refractivity contribution is -0.121. The topological polar surface area (TPSA) is 55.1 Å². The first-order chi connectivity index (χ1) is 13.3. The number of benzene rings is 2. The van der Waals surface area contributed by atoms with Gasteiger partial charge in [-0.1, -0.05) is 35.9 Å². The number of nitrogens with one attached hydrogen (secondary N) is 1. The van der Waals surface area contributed by atoms with E-state index in [1.807, 2.05) is 13.0 Å². The zero-order valence-corrected chi connectivity index (χ0v) is 17.3. The number of amides is 1. The molecule has 0 bridgehead atoms. The smallest absolute Gasteiger partial charge is 0.220 e. The van der Waals surface area contributed by atoms with Crippen LogP contribution in [0.3, 0.4) is 0 Å². The number of hydrogen-bond donors (Lipinski definition) is 1. The third kappa shape index (κ3) is 4.69. The van der Waals surface area contributed by atoms with Gasteiger partial charge in [-0.15, -0.1) is 0 Å². The average molecular weight is 377 g/mol. The fourth-order valence-corrected chi connectivity index (χ4v) is 3.29. The summed E-state index contributed by atoms with van der Waals surface area (Å²) in [5.74, 6) is 1.32. The van der Waals surface area contributed by atoms with Gasteiger partial charge in [0.15, 0.2) is 11.7 Å². The van der Waals surface area contributed by atoms with Crippen molar-refractivity contribution in [2.24, 2.45) is 0 Å². The Balaban J connectivity index is 1.58. The first-order valence-corrected chi connectivity index (χ1v) is 9.72. The molecule has 1 N–H and O–H groups in total. The number of oxazole rings is 1. The number of rotatable bonds is 6. The number of aryl methyl sites for hydroxylation is 5. The van der Waals surface area contributed by atoms with Crippen LogP contribution in [0.5, 0.6) is 0 Å².